The Hall–Kier alpha value is -4.56. The lowest BCUT2D eigenvalue weighted by Crippen LogP contribution is -2.30. The lowest BCUT2D eigenvalue weighted by atomic mass is 9.66. The Kier molecular flexibility index (Phi) is 9.76. The lowest BCUT2D eigenvalue weighted by Gasteiger charge is -2.37. The van der Waals surface area contributed by atoms with E-state index in [9.17, 15) is 0 Å². The Morgan fingerprint density at radius 2 is 0.939 bits per heavy atom. The summed E-state index contributed by atoms with van der Waals surface area (Å²) >= 11 is 0. The van der Waals surface area contributed by atoms with Gasteiger partial charge in [-0.2, -0.15) is 0 Å². The number of anilines is 4. The molecule has 2 atom stereocenters. The van der Waals surface area contributed by atoms with Gasteiger partial charge in [-0.3, -0.25) is 0 Å². The van der Waals surface area contributed by atoms with Crippen molar-refractivity contribution in [3.8, 4) is 11.1 Å². The molecular weight excluding hydrogens is 593 g/mol. The van der Waals surface area contributed by atoms with Crippen LogP contribution in [-0.2, 0) is 5.41 Å². The Balaban J connectivity index is 1.35. The van der Waals surface area contributed by atoms with Crippen molar-refractivity contribution in [3.63, 3.8) is 0 Å². The van der Waals surface area contributed by atoms with E-state index >= 15 is 0 Å². The largest absolute Gasteiger partial charge is 0.355 e. The van der Waals surface area contributed by atoms with Gasteiger partial charge >= 0.3 is 0 Å². The van der Waals surface area contributed by atoms with E-state index in [4.69, 9.17) is 0 Å². The molecule has 0 bridgehead atoms. The summed E-state index contributed by atoms with van der Waals surface area (Å²) < 4.78 is 0. The highest BCUT2D eigenvalue weighted by atomic mass is 14.9. The first-order valence-electron chi connectivity index (χ1n) is 18.8. The quantitative estimate of drug-likeness (QED) is 0.123. The van der Waals surface area contributed by atoms with Gasteiger partial charge < -0.3 is 10.6 Å². The minimum atomic E-state index is -0.0577. The third kappa shape index (κ3) is 6.71. The molecule has 0 saturated carbocycles. The van der Waals surface area contributed by atoms with E-state index in [1.54, 1.807) is 0 Å². The summed E-state index contributed by atoms with van der Waals surface area (Å²) in [7, 11) is 0. The smallest absolute Gasteiger partial charge is 0.0463 e. The molecular formula is C47H52N2. The zero-order valence-corrected chi connectivity index (χ0v) is 29.9. The first-order valence-corrected chi connectivity index (χ1v) is 18.8. The SMILES string of the molecule is CCCCC(C)CC1(CC(C)CCCC)c2cc(Nc3cccc4ccccc34)ccc2-c2ccc(Nc3cccc4ccccc34)cc21. The zero-order chi connectivity index (χ0) is 33.8. The van der Waals surface area contributed by atoms with Gasteiger partial charge in [-0.1, -0.05) is 151 Å². The Labute approximate surface area is 294 Å². The van der Waals surface area contributed by atoms with E-state index in [0.717, 1.165) is 11.4 Å². The second-order valence-corrected chi connectivity index (χ2v) is 14.8. The van der Waals surface area contributed by atoms with E-state index in [1.807, 2.05) is 0 Å². The Morgan fingerprint density at radius 3 is 1.39 bits per heavy atom. The highest BCUT2D eigenvalue weighted by Crippen LogP contribution is 2.57. The molecule has 0 radical (unpaired) electrons. The molecule has 2 heteroatoms. The zero-order valence-electron chi connectivity index (χ0n) is 29.9. The predicted molar refractivity (Wildman–Crippen MR) is 214 cm³/mol. The van der Waals surface area contributed by atoms with Crippen molar-refractivity contribution in [2.75, 3.05) is 10.6 Å². The van der Waals surface area contributed by atoms with Crippen molar-refractivity contribution in [2.45, 2.75) is 84.5 Å². The second kappa shape index (κ2) is 14.5. The molecule has 6 aromatic rings. The van der Waals surface area contributed by atoms with Crippen LogP contribution in [0.15, 0.2) is 121 Å². The third-order valence-corrected chi connectivity index (χ3v) is 11.0. The second-order valence-electron chi connectivity index (χ2n) is 14.8. The van der Waals surface area contributed by atoms with Crippen molar-refractivity contribution in [3.05, 3.63) is 132 Å². The average Bonchev–Trinajstić information content (AvgIpc) is 3.37. The van der Waals surface area contributed by atoms with Crippen LogP contribution in [0.5, 0.6) is 0 Å². The minimum absolute atomic E-state index is 0.0577. The maximum Gasteiger partial charge on any atom is 0.0463 e. The standard InChI is InChI=1S/C47H52N2/c1-5-7-15-33(3)31-47(32-34(4)16-8-6-2)43-29-37(48-45-23-13-19-35-17-9-11-21-39(35)45)25-27-41(43)42-28-26-38(30-44(42)47)49-46-24-14-20-36-18-10-12-22-40(36)46/h9-14,17-30,33-34,48-49H,5-8,15-16,31-32H2,1-4H3. The number of rotatable bonds is 14. The molecule has 0 saturated heterocycles. The van der Waals surface area contributed by atoms with Gasteiger partial charge in [0.05, 0.1) is 0 Å². The average molecular weight is 645 g/mol. The first kappa shape index (κ1) is 33.0. The van der Waals surface area contributed by atoms with Gasteiger partial charge in [-0.25, -0.2) is 0 Å². The van der Waals surface area contributed by atoms with Crippen LogP contribution in [0, 0.1) is 11.8 Å². The lowest BCUT2D eigenvalue weighted by molar-refractivity contribution is 0.294. The fraction of sp³-hybridized carbons (Fsp3) is 0.319. The van der Waals surface area contributed by atoms with Crippen molar-refractivity contribution in [1.82, 2.24) is 0 Å². The van der Waals surface area contributed by atoms with Gasteiger partial charge in [0.15, 0.2) is 0 Å². The van der Waals surface area contributed by atoms with Gasteiger partial charge in [-0.15, -0.1) is 0 Å². The summed E-state index contributed by atoms with van der Waals surface area (Å²) in [6.45, 7) is 9.66. The molecule has 2 nitrogen and oxygen atoms in total. The molecule has 7 rings (SSSR count). The van der Waals surface area contributed by atoms with Crippen LogP contribution in [-0.4, -0.2) is 0 Å². The molecule has 250 valence electrons. The van der Waals surface area contributed by atoms with E-state index in [1.165, 1.54) is 107 Å². The van der Waals surface area contributed by atoms with Crippen LogP contribution in [0.3, 0.4) is 0 Å². The monoisotopic (exact) mass is 644 g/mol. The molecule has 2 N–H and O–H groups in total. The molecule has 0 aromatic heterocycles. The van der Waals surface area contributed by atoms with Crippen LogP contribution >= 0.6 is 0 Å². The third-order valence-electron chi connectivity index (χ3n) is 11.0. The van der Waals surface area contributed by atoms with E-state index in [2.05, 4.69) is 160 Å². The summed E-state index contributed by atoms with van der Waals surface area (Å²) in [5.74, 6) is 1.25. The topological polar surface area (TPSA) is 24.1 Å². The number of nitrogens with one attached hydrogen (secondary N) is 2. The van der Waals surface area contributed by atoms with Crippen molar-refractivity contribution < 1.29 is 0 Å². The van der Waals surface area contributed by atoms with Crippen molar-refractivity contribution >= 4 is 44.3 Å². The van der Waals surface area contributed by atoms with Gasteiger partial charge in [0.2, 0.25) is 0 Å². The summed E-state index contributed by atoms with van der Waals surface area (Å²) in [6.07, 6.45) is 9.94. The van der Waals surface area contributed by atoms with Crippen LogP contribution in [0.1, 0.15) is 90.2 Å². The molecule has 0 amide bonds. The number of fused-ring (bicyclic) bond motifs is 5. The van der Waals surface area contributed by atoms with Crippen molar-refractivity contribution in [1.29, 1.82) is 0 Å². The van der Waals surface area contributed by atoms with E-state index in [0.29, 0.717) is 11.8 Å². The normalized spacial score (nSPS) is 14.4. The Bertz CT molecular complexity index is 1900. The highest BCUT2D eigenvalue weighted by Gasteiger charge is 2.45. The van der Waals surface area contributed by atoms with Crippen LogP contribution in [0.2, 0.25) is 0 Å². The van der Waals surface area contributed by atoms with Gasteiger partial charge in [-0.05, 0) is 94.1 Å². The van der Waals surface area contributed by atoms with E-state index in [-0.39, 0.29) is 5.41 Å². The number of hydrogen-bond donors (Lipinski definition) is 2. The summed E-state index contributed by atoms with van der Waals surface area (Å²) in [5.41, 5.74) is 10.4. The van der Waals surface area contributed by atoms with Crippen LogP contribution in [0.25, 0.3) is 32.7 Å². The van der Waals surface area contributed by atoms with Crippen LogP contribution < -0.4 is 10.6 Å². The molecule has 0 aliphatic heterocycles. The van der Waals surface area contributed by atoms with Gasteiger partial charge in [0.25, 0.3) is 0 Å². The molecule has 1 aliphatic carbocycles. The Morgan fingerprint density at radius 1 is 0.510 bits per heavy atom. The summed E-state index contributed by atoms with van der Waals surface area (Å²) in [6, 6.07) is 44.9. The van der Waals surface area contributed by atoms with Gasteiger partial charge in [0, 0.05) is 38.9 Å². The van der Waals surface area contributed by atoms with Crippen LogP contribution in [0.4, 0.5) is 22.7 Å². The summed E-state index contributed by atoms with van der Waals surface area (Å²) in [4.78, 5) is 0. The molecule has 6 aromatic carbocycles. The molecule has 1 aliphatic rings. The first-order chi connectivity index (χ1) is 24.0. The molecule has 0 fully saturated rings. The van der Waals surface area contributed by atoms with Crippen molar-refractivity contribution in [2.24, 2.45) is 11.8 Å². The molecule has 0 spiro atoms. The number of benzene rings is 6. The highest BCUT2D eigenvalue weighted by molar-refractivity contribution is 5.97. The molecule has 2 unspecified atom stereocenters. The summed E-state index contributed by atoms with van der Waals surface area (Å²) in [5, 5.41) is 12.8. The fourth-order valence-corrected chi connectivity index (χ4v) is 8.65. The molecule has 49 heavy (non-hydrogen) atoms. The predicted octanol–water partition coefficient (Wildman–Crippen LogP) is 14.2. The maximum absolute atomic E-state index is 3.87. The molecule has 0 heterocycles. The fourth-order valence-electron chi connectivity index (χ4n) is 8.65. The van der Waals surface area contributed by atoms with Gasteiger partial charge in [0.1, 0.15) is 0 Å². The van der Waals surface area contributed by atoms with E-state index < -0.39 is 0 Å². The maximum atomic E-state index is 3.87. The number of hydrogen-bond acceptors (Lipinski definition) is 2. The number of unbranched alkanes of at least 4 members (excludes halogenated alkanes) is 2. The minimum Gasteiger partial charge on any atom is -0.355 e.